The van der Waals surface area contributed by atoms with Crippen LogP contribution in [0, 0.1) is 0 Å². The number of nitrogens with one attached hydrogen (secondary N) is 1. The number of carbonyl (C=O) groups is 1. The molecule has 0 aliphatic carbocycles. The van der Waals surface area contributed by atoms with E-state index in [0.29, 0.717) is 26.2 Å². The van der Waals surface area contributed by atoms with E-state index < -0.39 is 0 Å². The van der Waals surface area contributed by atoms with Crippen molar-refractivity contribution < 1.29 is 14.4 Å². The van der Waals surface area contributed by atoms with Crippen LogP contribution in [0.2, 0.25) is 0 Å². The smallest absolute Gasteiger partial charge is 0.222 e. The first-order valence-corrected chi connectivity index (χ1v) is 3.97. The minimum Gasteiger partial charge on any atom is -0.380 e. The van der Waals surface area contributed by atoms with Crippen molar-refractivity contribution in [1.29, 1.82) is 0 Å². The molecular formula is C7H16N2O3. The van der Waals surface area contributed by atoms with E-state index in [-0.39, 0.29) is 12.5 Å². The average Bonchev–Trinajstić information content (AvgIpc) is 2.09. The Hall–Kier alpha value is -0.650. The topological polar surface area (TPSA) is 73.6 Å². The van der Waals surface area contributed by atoms with E-state index in [1.54, 1.807) is 0 Å². The summed E-state index contributed by atoms with van der Waals surface area (Å²) in [7, 11) is 0. The summed E-state index contributed by atoms with van der Waals surface area (Å²) in [6.45, 7) is 3.91. The van der Waals surface area contributed by atoms with Crippen LogP contribution in [0.4, 0.5) is 0 Å². The molecule has 0 atom stereocenters. The van der Waals surface area contributed by atoms with E-state index in [9.17, 15) is 4.79 Å². The Bertz CT molecular complexity index is 119. The second kappa shape index (κ2) is 8.45. The molecule has 0 radical (unpaired) electrons. The van der Waals surface area contributed by atoms with Crippen LogP contribution >= 0.6 is 0 Å². The minimum absolute atomic E-state index is 0.0693. The number of ether oxygens (including phenoxy) is 1. The molecule has 72 valence electrons. The zero-order valence-electron chi connectivity index (χ0n) is 7.34. The standard InChI is InChI=1S/C7H16N2O3/c1-2-11-6-4-9-7(10)3-5-12-8/h2-6,8H2,1H3,(H,9,10). The molecule has 0 rings (SSSR count). The van der Waals surface area contributed by atoms with Gasteiger partial charge in [-0.2, -0.15) is 0 Å². The lowest BCUT2D eigenvalue weighted by Crippen LogP contribution is -2.28. The van der Waals surface area contributed by atoms with E-state index in [0.717, 1.165) is 0 Å². The fourth-order valence-electron chi connectivity index (χ4n) is 0.647. The molecule has 0 unspecified atom stereocenters. The predicted octanol–water partition coefficient (Wildman–Crippen LogP) is -0.580. The van der Waals surface area contributed by atoms with Gasteiger partial charge in [-0.3, -0.25) is 4.79 Å². The maximum absolute atomic E-state index is 10.9. The summed E-state index contributed by atoms with van der Waals surface area (Å²) in [6.07, 6.45) is 0.294. The highest BCUT2D eigenvalue weighted by molar-refractivity contribution is 5.75. The molecule has 0 fully saturated rings. The summed E-state index contributed by atoms with van der Waals surface area (Å²) >= 11 is 0. The van der Waals surface area contributed by atoms with Crippen molar-refractivity contribution in [3.63, 3.8) is 0 Å². The lowest BCUT2D eigenvalue weighted by molar-refractivity contribution is -0.122. The maximum atomic E-state index is 10.9. The quantitative estimate of drug-likeness (QED) is 0.402. The lowest BCUT2D eigenvalue weighted by atomic mass is 10.4. The molecule has 5 heteroatoms. The summed E-state index contributed by atoms with van der Waals surface area (Å²) in [5.74, 6) is 4.68. The second-order valence-electron chi connectivity index (χ2n) is 2.17. The summed E-state index contributed by atoms with van der Waals surface area (Å²) in [4.78, 5) is 15.1. The first kappa shape index (κ1) is 11.4. The SMILES string of the molecule is CCOCCNC(=O)CCON. The van der Waals surface area contributed by atoms with Gasteiger partial charge in [-0.05, 0) is 6.92 Å². The largest absolute Gasteiger partial charge is 0.380 e. The van der Waals surface area contributed by atoms with Crippen LogP contribution in [-0.4, -0.2) is 32.3 Å². The average molecular weight is 176 g/mol. The highest BCUT2D eigenvalue weighted by Gasteiger charge is 1.98. The highest BCUT2D eigenvalue weighted by atomic mass is 16.6. The van der Waals surface area contributed by atoms with Crippen LogP contribution in [0.5, 0.6) is 0 Å². The number of hydrogen-bond donors (Lipinski definition) is 2. The van der Waals surface area contributed by atoms with Gasteiger partial charge < -0.3 is 14.9 Å². The van der Waals surface area contributed by atoms with E-state index >= 15 is 0 Å². The number of rotatable bonds is 7. The van der Waals surface area contributed by atoms with Crippen LogP contribution < -0.4 is 11.2 Å². The van der Waals surface area contributed by atoms with Crippen molar-refractivity contribution in [1.82, 2.24) is 5.32 Å². The summed E-state index contributed by atoms with van der Waals surface area (Å²) in [5, 5.41) is 2.65. The van der Waals surface area contributed by atoms with Crippen LogP contribution in [-0.2, 0) is 14.4 Å². The van der Waals surface area contributed by atoms with Crippen molar-refractivity contribution in [3.8, 4) is 0 Å². The molecule has 0 aromatic heterocycles. The Kier molecular flexibility index (Phi) is 7.99. The lowest BCUT2D eigenvalue weighted by Gasteiger charge is -2.03. The third-order valence-corrected chi connectivity index (χ3v) is 1.22. The van der Waals surface area contributed by atoms with E-state index in [2.05, 4.69) is 10.2 Å². The van der Waals surface area contributed by atoms with Crippen molar-refractivity contribution in [2.75, 3.05) is 26.4 Å². The fraction of sp³-hybridized carbons (Fsp3) is 0.857. The van der Waals surface area contributed by atoms with Crippen LogP contribution in [0.15, 0.2) is 0 Å². The van der Waals surface area contributed by atoms with Gasteiger partial charge in [0.2, 0.25) is 5.91 Å². The molecule has 0 heterocycles. The molecule has 0 bridgehead atoms. The monoisotopic (exact) mass is 176 g/mol. The van der Waals surface area contributed by atoms with Gasteiger partial charge in [0.05, 0.1) is 19.6 Å². The van der Waals surface area contributed by atoms with Gasteiger partial charge in [0.15, 0.2) is 0 Å². The molecule has 0 aliphatic rings. The molecule has 0 spiro atoms. The normalized spacial score (nSPS) is 9.83. The number of hydrogen-bond acceptors (Lipinski definition) is 4. The Balaban J connectivity index is 3.08. The molecular weight excluding hydrogens is 160 g/mol. The Labute approximate surface area is 72.2 Å². The Morgan fingerprint density at radius 1 is 1.50 bits per heavy atom. The third-order valence-electron chi connectivity index (χ3n) is 1.22. The van der Waals surface area contributed by atoms with Gasteiger partial charge in [-0.25, -0.2) is 5.90 Å². The zero-order valence-corrected chi connectivity index (χ0v) is 7.34. The first-order chi connectivity index (χ1) is 5.81. The van der Waals surface area contributed by atoms with E-state index in [1.165, 1.54) is 0 Å². The molecule has 3 N–H and O–H groups in total. The van der Waals surface area contributed by atoms with Crippen LogP contribution in [0.25, 0.3) is 0 Å². The number of amides is 1. The molecule has 0 aliphatic heterocycles. The molecule has 1 amide bonds. The number of carbonyl (C=O) groups excluding carboxylic acids is 1. The molecule has 0 saturated heterocycles. The molecule has 0 aromatic rings. The zero-order chi connectivity index (χ0) is 9.23. The molecule has 0 aromatic carbocycles. The van der Waals surface area contributed by atoms with Gasteiger partial charge in [0.25, 0.3) is 0 Å². The molecule has 5 nitrogen and oxygen atoms in total. The van der Waals surface area contributed by atoms with Crippen molar-refractivity contribution in [2.45, 2.75) is 13.3 Å². The third kappa shape index (κ3) is 7.46. The van der Waals surface area contributed by atoms with Crippen molar-refractivity contribution in [3.05, 3.63) is 0 Å². The minimum atomic E-state index is -0.0693. The van der Waals surface area contributed by atoms with E-state index in [1.807, 2.05) is 6.92 Å². The van der Waals surface area contributed by atoms with Gasteiger partial charge >= 0.3 is 0 Å². The van der Waals surface area contributed by atoms with Crippen molar-refractivity contribution in [2.24, 2.45) is 5.90 Å². The van der Waals surface area contributed by atoms with Gasteiger partial charge in [-0.15, -0.1) is 0 Å². The van der Waals surface area contributed by atoms with Gasteiger partial charge in [-0.1, -0.05) is 0 Å². The van der Waals surface area contributed by atoms with Crippen molar-refractivity contribution >= 4 is 5.91 Å². The second-order valence-corrected chi connectivity index (χ2v) is 2.17. The van der Waals surface area contributed by atoms with Gasteiger partial charge in [0.1, 0.15) is 0 Å². The molecule has 0 saturated carbocycles. The highest BCUT2D eigenvalue weighted by Crippen LogP contribution is 1.78. The summed E-state index contributed by atoms with van der Waals surface area (Å²) < 4.78 is 5.02. The summed E-state index contributed by atoms with van der Waals surface area (Å²) in [5.41, 5.74) is 0. The van der Waals surface area contributed by atoms with Gasteiger partial charge in [0, 0.05) is 13.2 Å². The maximum Gasteiger partial charge on any atom is 0.222 e. The first-order valence-electron chi connectivity index (χ1n) is 3.97. The molecule has 12 heavy (non-hydrogen) atoms. The Morgan fingerprint density at radius 3 is 2.83 bits per heavy atom. The summed E-state index contributed by atoms with van der Waals surface area (Å²) in [6, 6.07) is 0. The van der Waals surface area contributed by atoms with Crippen LogP contribution in [0.1, 0.15) is 13.3 Å². The predicted molar refractivity (Wildman–Crippen MR) is 44.3 cm³/mol. The van der Waals surface area contributed by atoms with E-state index in [4.69, 9.17) is 10.6 Å². The number of nitrogens with two attached hydrogens (primary N) is 1. The Morgan fingerprint density at radius 2 is 2.25 bits per heavy atom. The fourth-order valence-corrected chi connectivity index (χ4v) is 0.647. The van der Waals surface area contributed by atoms with Crippen LogP contribution in [0.3, 0.4) is 0 Å².